The van der Waals surface area contributed by atoms with E-state index in [0.29, 0.717) is 16.7 Å². The maximum atomic E-state index is 12.7. The molecule has 6 nitrogen and oxygen atoms in total. The Morgan fingerprint density at radius 3 is 2.12 bits per heavy atom. The fourth-order valence-corrected chi connectivity index (χ4v) is 2.84. The van der Waals surface area contributed by atoms with Crippen LogP contribution in [0.15, 0.2) is 66.6 Å². The molecule has 2 aromatic carbocycles. The molecule has 0 aromatic heterocycles. The van der Waals surface area contributed by atoms with Crippen LogP contribution in [0.3, 0.4) is 0 Å². The van der Waals surface area contributed by atoms with Crippen LogP contribution in [0.1, 0.15) is 38.7 Å². The third kappa shape index (κ3) is 2.63. The number of nitrogens with zero attached hydrogens (tertiary/aromatic N) is 3. The molecular weight excluding hydrogens is 306 g/mol. The molecule has 0 fully saturated rings. The minimum Gasteiger partial charge on any atom is -0.505 e. The van der Waals surface area contributed by atoms with Crippen molar-refractivity contribution < 1.29 is 14.7 Å². The van der Waals surface area contributed by atoms with Gasteiger partial charge in [-0.05, 0) is 17.7 Å². The molecule has 3 rings (SSSR count). The Kier molecular flexibility index (Phi) is 4.08. The number of aliphatic hydroxyl groups is 1. The molecule has 0 saturated heterocycles. The van der Waals surface area contributed by atoms with Gasteiger partial charge in [0.2, 0.25) is 5.39 Å². The first-order valence-corrected chi connectivity index (χ1v) is 7.37. The monoisotopic (exact) mass is 320 g/mol. The molecule has 2 amide bonds. The maximum absolute atomic E-state index is 12.7. The minimum atomic E-state index is -0.698. The van der Waals surface area contributed by atoms with E-state index in [1.807, 2.05) is 6.07 Å². The molecule has 0 spiro atoms. The van der Waals surface area contributed by atoms with E-state index in [1.54, 1.807) is 48.5 Å². The molecule has 0 bridgehead atoms. The Hall–Kier alpha value is -3.46. The number of carbonyl (C=O) groups excluding carboxylic acids is 2. The highest BCUT2D eigenvalue weighted by atomic mass is 16.3. The first-order chi connectivity index (χ1) is 11.6. The summed E-state index contributed by atoms with van der Waals surface area (Å²) in [4.78, 5) is 29.3. The standard InChI is InChI=1S/C18H13N3O3/c19-20-11-13(22)10-16(12-6-2-1-3-7-12)21-17(23)14-8-4-5-9-15(14)18(21)24/h1-9,11,16H,10H2/p+1/t16-/m1/s1. The summed E-state index contributed by atoms with van der Waals surface area (Å²) in [6.45, 7) is 0. The van der Waals surface area contributed by atoms with Crippen molar-refractivity contribution in [1.29, 1.82) is 5.39 Å². The Labute approximate surface area is 138 Å². The smallest absolute Gasteiger partial charge is 0.387 e. The van der Waals surface area contributed by atoms with Crippen molar-refractivity contribution in [2.45, 2.75) is 12.5 Å². The molecule has 1 N–H and O–H groups in total. The summed E-state index contributed by atoms with van der Waals surface area (Å²) in [6, 6.07) is 14.9. The summed E-state index contributed by atoms with van der Waals surface area (Å²) >= 11 is 0. The van der Waals surface area contributed by atoms with Gasteiger partial charge in [-0.1, -0.05) is 42.5 Å². The van der Waals surface area contributed by atoms with Crippen LogP contribution < -0.4 is 0 Å². The van der Waals surface area contributed by atoms with Crippen LogP contribution in [-0.4, -0.2) is 21.8 Å². The summed E-state index contributed by atoms with van der Waals surface area (Å²) in [5.74, 6) is -1.04. The molecule has 2 aromatic rings. The number of diazo groups is 1. The quantitative estimate of drug-likeness (QED) is 0.529. The Morgan fingerprint density at radius 1 is 1.04 bits per heavy atom. The van der Waals surface area contributed by atoms with E-state index in [2.05, 4.69) is 4.98 Å². The number of aliphatic hydroxyl groups excluding tert-OH is 1. The zero-order chi connectivity index (χ0) is 17.1. The van der Waals surface area contributed by atoms with Gasteiger partial charge >= 0.3 is 6.20 Å². The van der Waals surface area contributed by atoms with E-state index >= 15 is 0 Å². The number of hydrogen-bond donors (Lipinski definition) is 1. The molecule has 0 radical (unpaired) electrons. The molecule has 0 unspecified atom stereocenters. The van der Waals surface area contributed by atoms with Gasteiger partial charge in [0.15, 0.2) is 10.7 Å². The number of rotatable bonds is 4. The van der Waals surface area contributed by atoms with Gasteiger partial charge in [0.25, 0.3) is 11.8 Å². The normalized spacial score (nSPS) is 15.1. The average molecular weight is 320 g/mol. The molecule has 0 aliphatic carbocycles. The van der Waals surface area contributed by atoms with Crippen LogP contribution >= 0.6 is 0 Å². The summed E-state index contributed by atoms with van der Waals surface area (Å²) < 4.78 is 0. The van der Waals surface area contributed by atoms with E-state index in [0.717, 1.165) is 11.1 Å². The Morgan fingerprint density at radius 2 is 1.58 bits per heavy atom. The number of fused-ring (bicyclic) bond motifs is 1. The van der Waals surface area contributed by atoms with Crippen molar-refractivity contribution in [1.82, 2.24) is 4.90 Å². The van der Waals surface area contributed by atoms with Crippen LogP contribution in [0.5, 0.6) is 0 Å². The predicted octanol–water partition coefficient (Wildman–Crippen LogP) is 3.67. The lowest BCUT2D eigenvalue weighted by atomic mass is 10.0. The highest BCUT2D eigenvalue weighted by Gasteiger charge is 2.40. The van der Waals surface area contributed by atoms with Crippen LogP contribution in [0, 0.1) is 5.39 Å². The number of carbonyl (C=O) groups is 2. The largest absolute Gasteiger partial charge is 0.505 e. The predicted molar refractivity (Wildman–Crippen MR) is 86.5 cm³/mol. The van der Waals surface area contributed by atoms with Gasteiger partial charge < -0.3 is 5.11 Å². The molecule has 1 heterocycles. The minimum absolute atomic E-state index is 0.0421. The van der Waals surface area contributed by atoms with Crippen LogP contribution in [0.2, 0.25) is 0 Å². The van der Waals surface area contributed by atoms with E-state index in [-0.39, 0.29) is 12.2 Å². The van der Waals surface area contributed by atoms with Crippen molar-refractivity contribution in [3.05, 3.63) is 88.2 Å². The van der Waals surface area contributed by atoms with Gasteiger partial charge in [0, 0.05) is 6.42 Å². The molecule has 6 heteroatoms. The van der Waals surface area contributed by atoms with Gasteiger partial charge in [-0.2, -0.15) is 0 Å². The van der Waals surface area contributed by atoms with Gasteiger partial charge in [-0.3, -0.25) is 14.5 Å². The molecule has 1 atom stereocenters. The van der Waals surface area contributed by atoms with Crippen molar-refractivity contribution in [2.24, 2.45) is 0 Å². The van der Waals surface area contributed by atoms with E-state index in [4.69, 9.17) is 5.39 Å². The van der Waals surface area contributed by atoms with Gasteiger partial charge in [0.05, 0.1) is 17.2 Å². The second kappa shape index (κ2) is 6.34. The highest BCUT2D eigenvalue weighted by Crippen LogP contribution is 2.34. The van der Waals surface area contributed by atoms with Gasteiger partial charge in [-0.25, -0.2) is 0 Å². The maximum Gasteiger partial charge on any atom is 0.387 e. The fraction of sp³-hybridized carbons (Fsp3) is 0.111. The second-order valence-corrected chi connectivity index (χ2v) is 5.39. The third-order valence-electron chi connectivity index (χ3n) is 3.93. The molecule has 118 valence electrons. The molecule has 1 aliphatic rings. The van der Waals surface area contributed by atoms with Gasteiger partial charge in [-0.15, -0.1) is 0 Å². The Bertz CT molecular complexity index is 834. The molecule has 24 heavy (non-hydrogen) atoms. The van der Waals surface area contributed by atoms with Crippen molar-refractivity contribution in [3.8, 4) is 0 Å². The van der Waals surface area contributed by atoms with Crippen molar-refractivity contribution >= 4 is 11.8 Å². The fourth-order valence-electron chi connectivity index (χ4n) is 2.84. The zero-order valence-corrected chi connectivity index (χ0v) is 12.7. The number of hydrogen-bond acceptors (Lipinski definition) is 4. The summed E-state index contributed by atoms with van der Waals surface area (Å²) in [5, 5.41) is 18.5. The summed E-state index contributed by atoms with van der Waals surface area (Å²) in [7, 11) is 0. The SMILES string of the molecule is N#[N+]C=C(O)C[C@H](c1ccccc1)N1C(=O)c2ccccc2C1=O. The Balaban J connectivity index is 2.04. The van der Waals surface area contributed by atoms with Gasteiger partial charge in [0.1, 0.15) is 0 Å². The number of amides is 2. The molecule has 1 aliphatic heterocycles. The van der Waals surface area contributed by atoms with E-state index < -0.39 is 17.9 Å². The van der Waals surface area contributed by atoms with Crippen molar-refractivity contribution in [3.63, 3.8) is 0 Å². The van der Waals surface area contributed by atoms with Crippen LogP contribution in [-0.2, 0) is 0 Å². The second-order valence-electron chi connectivity index (χ2n) is 5.39. The molecule has 0 saturated carbocycles. The number of benzene rings is 2. The van der Waals surface area contributed by atoms with Crippen LogP contribution in [0.4, 0.5) is 0 Å². The van der Waals surface area contributed by atoms with E-state index in [9.17, 15) is 14.7 Å². The average Bonchev–Trinajstić information content (AvgIpc) is 2.86. The third-order valence-corrected chi connectivity index (χ3v) is 3.93. The topological polar surface area (TPSA) is 85.8 Å². The summed E-state index contributed by atoms with van der Waals surface area (Å²) in [5.41, 5.74) is 1.39. The molecular formula is C18H14N3O3+. The zero-order valence-electron chi connectivity index (χ0n) is 12.7. The number of imide groups is 1. The van der Waals surface area contributed by atoms with E-state index in [1.165, 1.54) is 0 Å². The van der Waals surface area contributed by atoms with Crippen molar-refractivity contribution in [2.75, 3.05) is 0 Å². The summed E-state index contributed by atoms with van der Waals surface area (Å²) in [6.07, 6.45) is 0.841. The lowest BCUT2D eigenvalue weighted by Crippen LogP contribution is -2.34. The first kappa shape index (κ1) is 15.4. The van der Waals surface area contributed by atoms with Crippen LogP contribution in [0.25, 0.3) is 4.98 Å². The first-order valence-electron chi connectivity index (χ1n) is 7.37. The lowest BCUT2D eigenvalue weighted by molar-refractivity contribution is 0.0573. The highest BCUT2D eigenvalue weighted by molar-refractivity contribution is 6.21. The lowest BCUT2D eigenvalue weighted by Gasteiger charge is -2.26.